The number of nitrogens with zero attached hydrogens (tertiary/aromatic N) is 2. The van der Waals surface area contributed by atoms with Gasteiger partial charge in [0.1, 0.15) is 6.10 Å². The molecule has 1 atom stereocenters. The molecule has 0 unspecified atom stereocenters. The van der Waals surface area contributed by atoms with E-state index < -0.39 is 0 Å². The fourth-order valence-corrected chi connectivity index (χ4v) is 3.94. The molecule has 1 aromatic carbocycles. The molecule has 25 heavy (non-hydrogen) atoms. The molecule has 1 N–H and O–H groups in total. The van der Waals surface area contributed by atoms with Gasteiger partial charge in [0.15, 0.2) is 4.96 Å². The highest BCUT2D eigenvalue weighted by molar-refractivity contribution is 7.15. The number of amides is 1. The molecule has 0 spiro atoms. The van der Waals surface area contributed by atoms with Gasteiger partial charge in [-0.25, -0.2) is 4.98 Å². The van der Waals surface area contributed by atoms with Crippen LogP contribution in [0.3, 0.4) is 0 Å². The van der Waals surface area contributed by atoms with Gasteiger partial charge < -0.3 is 10.1 Å². The molecule has 128 valence electrons. The van der Waals surface area contributed by atoms with E-state index in [9.17, 15) is 9.59 Å². The summed E-state index contributed by atoms with van der Waals surface area (Å²) in [4.78, 5) is 29.6. The van der Waals surface area contributed by atoms with Crippen LogP contribution in [0, 0.1) is 6.92 Å². The Balaban J connectivity index is 1.68. The van der Waals surface area contributed by atoms with Crippen LogP contribution in [0.25, 0.3) is 16.2 Å². The van der Waals surface area contributed by atoms with Gasteiger partial charge in [-0.15, -0.1) is 11.3 Å². The van der Waals surface area contributed by atoms with Crippen LogP contribution in [-0.2, 0) is 9.53 Å². The smallest absolute Gasteiger partial charge is 0.259 e. The summed E-state index contributed by atoms with van der Waals surface area (Å²) in [5.74, 6) is -0.126. The first-order chi connectivity index (χ1) is 12.1. The van der Waals surface area contributed by atoms with Crippen molar-refractivity contribution < 1.29 is 9.53 Å². The number of hydrogen-bond donors (Lipinski definition) is 1. The van der Waals surface area contributed by atoms with E-state index in [0.717, 1.165) is 24.1 Å². The second-order valence-electron chi connectivity index (χ2n) is 6.05. The number of ether oxygens (including phenoxy) is 1. The van der Waals surface area contributed by atoms with Gasteiger partial charge in [0.05, 0.1) is 5.69 Å². The molecule has 6 nitrogen and oxygen atoms in total. The van der Waals surface area contributed by atoms with Crippen molar-refractivity contribution in [2.24, 2.45) is 0 Å². The zero-order valence-electron chi connectivity index (χ0n) is 13.7. The van der Waals surface area contributed by atoms with Crippen molar-refractivity contribution in [3.8, 4) is 11.3 Å². The minimum Gasteiger partial charge on any atom is -0.368 e. The molecule has 0 saturated carbocycles. The minimum atomic E-state index is -0.375. The Morgan fingerprint density at radius 3 is 3.08 bits per heavy atom. The predicted molar refractivity (Wildman–Crippen MR) is 97.1 cm³/mol. The van der Waals surface area contributed by atoms with Crippen molar-refractivity contribution in [1.82, 2.24) is 9.38 Å². The Morgan fingerprint density at radius 2 is 2.28 bits per heavy atom. The maximum Gasteiger partial charge on any atom is 0.259 e. The molecule has 1 aliphatic rings. The summed E-state index contributed by atoms with van der Waals surface area (Å²) in [6, 6.07) is 8.98. The van der Waals surface area contributed by atoms with Crippen LogP contribution < -0.4 is 10.9 Å². The molecule has 0 radical (unpaired) electrons. The van der Waals surface area contributed by atoms with E-state index in [1.807, 2.05) is 36.6 Å². The van der Waals surface area contributed by atoms with Gasteiger partial charge in [-0.3, -0.25) is 14.0 Å². The van der Waals surface area contributed by atoms with Crippen molar-refractivity contribution in [1.29, 1.82) is 0 Å². The topological polar surface area (TPSA) is 72.7 Å². The number of nitrogens with one attached hydrogen (secondary N) is 1. The molecule has 3 aromatic rings. The molecule has 1 aliphatic heterocycles. The lowest BCUT2D eigenvalue weighted by Crippen LogP contribution is -2.26. The SMILES string of the molecule is Cc1cc(=O)n2c(-c3cccc(NC(=O)[C@@H]4CCCO4)c3)csc2n1. The van der Waals surface area contributed by atoms with Crippen molar-refractivity contribution in [3.05, 3.63) is 51.8 Å². The number of benzene rings is 1. The van der Waals surface area contributed by atoms with Crippen molar-refractivity contribution in [2.75, 3.05) is 11.9 Å². The van der Waals surface area contributed by atoms with Gasteiger partial charge in [0.25, 0.3) is 11.5 Å². The number of anilines is 1. The highest BCUT2D eigenvalue weighted by Crippen LogP contribution is 2.26. The summed E-state index contributed by atoms with van der Waals surface area (Å²) in [7, 11) is 0. The van der Waals surface area contributed by atoms with Crippen LogP contribution >= 0.6 is 11.3 Å². The maximum atomic E-state index is 12.3. The third kappa shape index (κ3) is 3.08. The van der Waals surface area contributed by atoms with E-state index in [1.165, 1.54) is 17.4 Å². The number of carbonyl (C=O) groups is 1. The number of fused-ring (bicyclic) bond motifs is 1. The van der Waals surface area contributed by atoms with Crippen molar-refractivity contribution in [3.63, 3.8) is 0 Å². The van der Waals surface area contributed by atoms with E-state index in [0.29, 0.717) is 22.9 Å². The van der Waals surface area contributed by atoms with E-state index in [-0.39, 0.29) is 17.6 Å². The Kier molecular flexibility index (Phi) is 4.10. The zero-order valence-corrected chi connectivity index (χ0v) is 14.5. The van der Waals surface area contributed by atoms with E-state index in [2.05, 4.69) is 10.3 Å². The van der Waals surface area contributed by atoms with Crippen LogP contribution in [0.1, 0.15) is 18.5 Å². The number of thiazole rings is 1. The third-order valence-corrected chi connectivity index (χ3v) is 5.01. The lowest BCUT2D eigenvalue weighted by Gasteiger charge is -2.11. The van der Waals surface area contributed by atoms with Gasteiger partial charge in [0.2, 0.25) is 0 Å². The summed E-state index contributed by atoms with van der Waals surface area (Å²) in [5.41, 5.74) is 2.91. The van der Waals surface area contributed by atoms with Gasteiger partial charge in [0, 0.05) is 35.0 Å². The number of rotatable bonds is 3. The van der Waals surface area contributed by atoms with Crippen LogP contribution in [0.4, 0.5) is 5.69 Å². The molecule has 7 heteroatoms. The van der Waals surface area contributed by atoms with E-state index >= 15 is 0 Å². The number of aromatic nitrogens is 2. The first-order valence-corrected chi connectivity index (χ1v) is 9.00. The quantitative estimate of drug-likeness (QED) is 0.784. The fraction of sp³-hybridized carbons (Fsp3) is 0.278. The second kappa shape index (κ2) is 6.42. The molecule has 1 saturated heterocycles. The van der Waals surface area contributed by atoms with Gasteiger partial charge in [-0.2, -0.15) is 0 Å². The van der Waals surface area contributed by atoms with E-state index in [1.54, 1.807) is 4.40 Å². The third-order valence-electron chi connectivity index (χ3n) is 4.18. The van der Waals surface area contributed by atoms with Crippen LogP contribution in [-0.4, -0.2) is 28.0 Å². The van der Waals surface area contributed by atoms with Gasteiger partial charge >= 0.3 is 0 Å². The maximum absolute atomic E-state index is 12.3. The normalized spacial score (nSPS) is 17.1. The standard InChI is InChI=1S/C18H17N3O3S/c1-11-8-16(22)21-14(10-25-18(21)19-11)12-4-2-5-13(9-12)20-17(23)15-6-3-7-24-15/h2,4-5,8-10,15H,3,6-7H2,1H3,(H,20,23)/t15-/m0/s1. The van der Waals surface area contributed by atoms with Crippen LogP contribution in [0.15, 0.2) is 40.5 Å². The lowest BCUT2D eigenvalue weighted by molar-refractivity contribution is -0.124. The van der Waals surface area contributed by atoms with E-state index in [4.69, 9.17) is 4.74 Å². The van der Waals surface area contributed by atoms with Gasteiger partial charge in [-0.05, 0) is 31.9 Å². The second-order valence-corrected chi connectivity index (χ2v) is 6.88. The molecule has 4 rings (SSSR count). The highest BCUT2D eigenvalue weighted by atomic mass is 32.1. The largest absolute Gasteiger partial charge is 0.368 e. The fourth-order valence-electron chi connectivity index (χ4n) is 2.99. The molecular weight excluding hydrogens is 338 g/mol. The lowest BCUT2D eigenvalue weighted by atomic mass is 10.1. The Bertz CT molecular complexity index is 1000. The van der Waals surface area contributed by atoms with Crippen molar-refractivity contribution >= 4 is 27.9 Å². The minimum absolute atomic E-state index is 0.104. The summed E-state index contributed by atoms with van der Waals surface area (Å²) in [6.45, 7) is 2.44. The Labute approximate surface area is 148 Å². The average molecular weight is 355 g/mol. The average Bonchev–Trinajstić information content (AvgIpc) is 3.24. The summed E-state index contributed by atoms with van der Waals surface area (Å²) >= 11 is 1.42. The first kappa shape index (κ1) is 16.0. The first-order valence-electron chi connectivity index (χ1n) is 8.12. The monoisotopic (exact) mass is 355 g/mol. The summed E-state index contributed by atoms with van der Waals surface area (Å²) in [5, 5.41) is 4.80. The molecule has 1 amide bonds. The molecule has 0 aliphatic carbocycles. The molecule has 0 bridgehead atoms. The van der Waals surface area contributed by atoms with Crippen molar-refractivity contribution in [2.45, 2.75) is 25.9 Å². The van der Waals surface area contributed by atoms with Crippen LogP contribution in [0.5, 0.6) is 0 Å². The van der Waals surface area contributed by atoms with Gasteiger partial charge in [-0.1, -0.05) is 12.1 Å². The molecular formula is C18H17N3O3S. The predicted octanol–water partition coefficient (Wildman–Crippen LogP) is 2.85. The number of hydrogen-bond acceptors (Lipinski definition) is 5. The zero-order chi connectivity index (χ0) is 17.4. The number of carbonyl (C=O) groups excluding carboxylic acids is 1. The summed E-state index contributed by atoms with van der Waals surface area (Å²) < 4.78 is 7.01. The Hall–Kier alpha value is -2.51. The molecule has 2 aromatic heterocycles. The summed E-state index contributed by atoms with van der Waals surface area (Å²) in [6.07, 6.45) is 1.29. The Morgan fingerprint density at radius 1 is 1.40 bits per heavy atom. The molecule has 3 heterocycles. The van der Waals surface area contributed by atoms with Crippen LogP contribution in [0.2, 0.25) is 0 Å². The number of aryl methyl sites for hydroxylation is 1. The highest BCUT2D eigenvalue weighted by Gasteiger charge is 2.23. The molecule has 1 fully saturated rings.